The number of halogens is 1. The van der Waals surface area contributed by atoms with Gasteiger partial charge in [0.1, 0.15) is 16.8 Å². The Balaban J connectivity index is 1.68. The van der Waals surface area contributed by atoms with Crippen LogP contribution in [0.3, 0.4) is 0 Å². The van der Waals surface area contributed by atoms with Crippen LogP contribution in [0.15, 0.2) is 42.5 Å². The third-order valence-corrected chi connectivity index (χ3v) is 6.48. The summed E-state index contributed by atoms with van der Waals surface area (Å²) in [5.41, 5.74) is 2.28. The Morgan fingerprint density at radius 3 is 2.64 bits per heavy atom. The highest BCUT2D eigenvalue weighted by atomic mass is 35.5. The molecule has 0 aliphatic carbocycles. The predicted molar refractivity (Wildman–Crippen MR) is 132 cm³/mol. The number of anilines is 2. The fraction of sp³-hybridized carbons (Fsp3) is 0.304. The number of urea groups is 1. The zero-order chi connectivity index (χ0) is 24.0. The number of benzene rings is 2. The zero-order valence-corrected chi connectivity index (χ0v) is 20.4. The van der Waals surface area contributed by atoms with E-state index in [4.69, 9.17) is 16.3 Å². The molecule has 0 spiro atoms. The highest BCUT2D eigenvalue weighted by Crippen LogP contribution is 2.29. The minimum atomic E-state index is -0.764. The number of methoxy groups -OCH3 is 1. The first kappa shape index (κ1) is 24.5. The fourth-order valence-electron chi connectivity index (χ4n) is 3.01. The lowest BCUT2D eigenvalue weighted by Gasteiger charge is -2.23. The Morgan fingerprint density at radius 1 is 1.15 bits per heavy atom. The fourth-order valence-corrected chi connectivity index (χ4v) is 3.93. The summed E-state index contributed by atoms with van der Waals surface area (Å²) in [5, 5.41) is 18.0. The van der Waals surface area contributed by atoms with Gasteiger partial charge in [-0.05, 0) is 42.7 Å². The molecule has 8 nitrogen and oxygen atoms in total. The van der Waals surface area contributed by atoms with Crippen LogP contribution in [0.25, 0.3) is 10.6 Å². The number of hydrogen-bond acceptors (Lipinski definition) is 6. The van der Waals surface area contributed by atoms with E-state index in [9.17, 15) is 9.59 Å². The van der Waals surface area contributed by atoms with Gasteiger partial charge in [-0.1, -0.05) is 61.4 Å². The number of nitrogens with one attached hydrogen (secondary N) is 3. The monoisotopic (exact) mass is 487 g/mol. The number of aryl methyl sites for hydroxylation is 1. The molecule has 0 saturated carbocycles. The lowest BCUT2D eigenvalue weighted by molar-refractivity contribution is -0.119. The second kappa shape index (κ2) is 11.1. The van der Waals surface area contributed by atoms with E-state index < -0.39 is 12.1 Å². The van der Waals surface area contributed by atoms with Gasteiger partial charge in [-0.3, -0.25) is 10.1 Å². The van der Waals surface area contributed by atoms with Crippen LogP contribution in [0.2, 0.25) is 5.02 Å². The van der Waals surface area contributed by atoms with E-state index in [2.05, 4.69) is 26.1 Å². The lowest BCUT2D eigenvalue weighted by atomic mass is 9.98. The molecule has 2 aromatic carbocycles. The largest absolute Gasteiger partial charge is 0.497 e. The first-order valence-electron chi connectivity index (χ1n) is 10.4. The molecule has 0 bridgehead atoms. The van der Waals surface area contributed by atoms with Crippen LogP contribution in [-0.4, -0.2) is 35.3 Å². The standard InChI is InChI=1S/C23H26ClN5O3S/c1-5-13(2)19(26-22(31)25-16-10-9-14(3)18(24)12-16)20(30)27-23-29-28-21(33-23)15-7-6-8-17(11-15)32-4/h6-13,19H,5H2,1-4H3,(H2,25,26,31)(H,27,29,30). The summed E-state index contributed by atoms with van der Waals surface area (Å²) in [4.78, 5) is 25.6. The summed E-state index contributed by atoms with van der Waals surface area (Å²) in [6, 6.07) is 11.4. The van der Waals surface area contributed by atoms with Crippen LogP contribution < -0.4 is 20.7 Å². The van der Waals surface area contributed by atoms with Gasteiger partial charge in [-0.2, -0.15) is 0 Å². The van der Waals surface area contributed by atoms with Crippen LogP contribution in [0.4, 0.5) is 15.6 Å². The molecule has 3 N–H and O–H groups in total. The van der Waals surface area contributed by atoms with Gasteiger partial charge in [-0.25, -0.2) is 4.79 Å². The molecule has 3 amide bonds. The maximum atomic E-state index is 13.0. The van der Waals surface area contributed by atoms with Crippen molar-refractivity contribution in [2.24, 2.45) is 5.92 Å². The summed E-state index contributed by atoms with van der Waals surface area (Å²) in [6.07, 6.45) is 0.694. The smallest absolute Gasteiger partial charge is 0.319 e. The second-order valence-corrected chi connectivity index (χ2v) is 8.94. The summed E-state index contributed by atoms with van der Waals surface area (Å²) < 4.78 is 5.24. The third-order valence-electron chi connectivity index (χ3n) is 5.18. The van der Waals surface area contributed by atoms with Crippen molar-refractivity contribution < 1.29 is 14.3 Å². The van der Waals surface area contributed by atoms with E-state index in [0.717, 1.165) is 11.1 Å². The molecule has 0 fully saturated rings. The number of hydrogen-bond donors (Lipinski definition) is 3. The van der Waals surface area contributed by atoms with Crippen molar-refractivity contribution in [3.63, 3.8) is 0 Å². The van der Waals surface area contributed by atoms with Crippen molar-refractivity contribution in [2.75, 3.05) is 17.7 Å². The summed E-state index contributed by atoms with van der Waals surface area (Å²) in [5.74, 6) is 0.230. The molecule has 2 atom stereocenters. The molecule has 0 aliphatic heterocycles. The van der Waals surface area contributed by atoms with Gasteiger partial charge in [0.2, 0.25) is 11.0 Å². The van der Waals surface area contributed by atoms with E-state index in [0.29, 0.717) is 33.0 Å². The van der Waals surface area contributed by atoms with Gasteiger partial charge >= 0.3 is 6.03 Å². The maximum absolute atomic E-state index is 13.0. The summed E-state index contributed by atoms with van der Waals surface area (Å²) in [6.45, 7) is 5.73. The molecular weight excluding hydrogens is 462 g/mol. The molecule has 0 saturated heterocycles. The van der Waals surface area contributed by atoms with E-state index >= 15 is 0 Å². The van der Waals surface area contributed by atoms with Gasteiger partial charge in [-0.15, -0.1) is 10.2 Å². The van der Waals surface area contributed by atoms with Crippen LogP contribution in [0.5, 0.6) is 5.75 Å². The molecule has 33 heavy (non-hydrogen) atoms. The number of nitrogens with zero attached hydrogens (tertiary/aromatic N) is 2. The minimum absolute atomic E-state index is 0.108. The maximum Gasteiger partial charge on any atom is 0.319 e. The third kappa shape index (κ3) is 6.43. The van der Waals surface area contributed by atoms with Crippen molar-refractivity contribution in [2.45, 2.75) is 33.2 Å². The van der Waals surface area contributed by atoms with E-state index in [1.165, 1.54) is 11.3 Å². The lowest BCUT2D eigenvalue weighted by Crippen LogP contribution is -2.49. The van der Waals surface area contributed by atoms with Gasteiger partial charge < -0.3 is 15.4 Å². The minimum Gasteiger partial charge on any atom is -0.497 e. The van der Waals surface area contributed by atoms with Crippen molar-refractivity contribution in [3.05, 3.63) is 53.1 Å². The first-order valence-corrected chi connectivity index (χ1v) is 11.6. The predicted octanol–water partition coefficient (Wildman–Crippen LogP) is 5.35. The van der Waals surface area contributed by atoms with Crippen LogP contribution >= 0.6 is 22.9 Å². The molecule has 2 unspecified atom stereocenters. The van der Waals surface area contributed by atoms with Crippen LogP contribution in [-0.2, 0) is 4.79 Å². The van der Waals surface area contributed by atoms with Crippen molar-refractivity contribution in [1.29, 1.82) is 0 Å². The topological polar surface area (TPSA) is 105 Å². The highest BCUT2D eigenvalue weighted by molar-refractivity contribution is 7.18. The molecule has 3 rings (SSSR count). The molecule has 174 valence electrons. The second-order valence-electron chi connectivity index (χ2n) is 7.56. The number of carbonyl (C=O) groups is 2. The average molecular weight is 488 g/mol. The van der Waals surface area contributed by atoms with Gasteiger partial charge in [0.05, 0.1) is 7.11 Å². The molecule has 0 aliphatic rings. The SMILES string of the molecule is CCC(C)C(NC(=O)Nc1ccc(C)c(Cl)c1)C(=O)Nc1nnc(-c2cccc(OC)c2)s1. The van der Waals surface area contributed by atoms with Gasteiger partial charge in [0, 0.05) is 16.3 Å². The van der Waals surface area contributed by atoms with E-state index in [1.54, 1.807) is 19.2 Å². The Labute approximate surface area is 201 Å². The number of rotatable bonds is 8. The Kier molecular flexibility index (Phi) is 8.24. The molecular formula is C23H26ClN5O3S. The van der Waals surface area contributed by atoms with Gasteiger partial charge in [0.15, 0.2) is 0 Å². The van der Waals surface area contributed by atoms with Crippen LogP contribution in [0.1, 0.15) is 25.8 Å². The average Bonchev–Trinajstić information content (AvgIpc) is 3.27. The Morgan fingerprint density at radius 2 is 1.94 bits per heavy atom. The zero-order valence-electron chi connectivity index (χ0n) is 18.8. The van der Waals surface area contributed by atoms with E-state index in [-0.39, 0.29) is 11.8 Å². The normalized spacial score (nSPS) is 12.5. The molecule has 1 heterocycles. The summed E-state index contributed by atoms with van der Waals surface area (Å²) in [7, 11) is 1.59. The molecule has 0 radical (unpaired) electrons. The Bertz CT molecular complexity index is 1140. The number of aromatic nitrogens is 2. The first-order chi connectivity index (χ1) is 15.8. The van der Waals surface area contributed by atoms with Crippen LogP contribution in [0, 0.1) is 12.8 Å². The number of amides is 3. The number of ether oxygens (including phenoxy) is 1. The van der Waals surface area contributed by atoms with Crippen molar-refractivity contribution >= 4 is 45.7 Å². The number of carbonyl (C=O) groups excluding carboxylic acids is 2. The van der Waals surface area contributed by atoms with Crippen molar-refractivity contribution in [3.8, 4) is 16.3 Å². The Hall–Kier alpha value is -3.17. The molecule has 1 aromatic heterocycles. The van der Waals surface area contributed by atoms with Crippen molar-refractivity contribution in [1.82, 2.24) is 15.5 Å². The van der Waals surface area contributed by atoms with Gasteiger partial charge in [0.25, 0.3) is 0 Å². The molecule has 3 aromatic rings. The quantitative estimate of drug-likeness (QED) is 0.397. The highest BCUT2D eigenvalue weighted by Gasteiger charge is 2.27. The molecule has 10 heteroatoms. The van der Waals surface area contributed by atoms with E-state index in [1.807, 2.05) is 51.1 Å². The summed E-state index contributed by atoms with van der Waals surface area (Å²) >= 11 is 7.37.